The Labute approximate surface area is 205 Å². The van der Waals surface area contributed by atoms with Crippen LogP contribution in [0.25, 0.3) is 0 Å². The number of nitrogens with zero attached hydrogens (tertiary/aromatic N) is 5. The zero-order valence-electron chi connectivity index (χ0n) is 20.4. The third-order valence-electron chi connectivity index (χ3n) is 7.41. The molecule has 186 valence electrons. The van der Waals surface area contributed by atoms with E-state index in [1.54, 1.807) is 17.3 Å². The summed E-state index contributed by atoms with van der Waals surface area (Å²) < 4.78 is 5.76. The Morgan fingerprint density at radius 2 is 2.06 bits per heavy atom. The van der Waals surface area contributed by atoms with Gasteiger partial charge in [-0.2, -0.15) is 4.98 Å². The highest BCUT2D eigenvalue weighted by atomic mass is 16.5. The van der Waals surface area contributed by atoms with E-state index in [1.165, 1.54) is 0 Å². The standard InChI is InChI=1S/C25H33N7O3/c1-3-31(2)12-13-35-19-8-9-20(27-16-19)29-24-28-15-17-14-25(10-11-26-22(25)33)23(34)32(21(17)30-24)18-6-4-5-7-18/h8-9,15-16,18H,3-7,10-14H2,1-2H3,(H,26,33)(H,27,28,29,30)/t25-/m1/s1. The first-order valence-corrected chi connectivity index (χ1v) is 12.5. The van der Waals surface area contributed by atoms with Gasteiger partial charge in [0.05, 0.1) is 6.20 Å². The van der Waals surface area contributed by atoms with Crippen molar-refractivity contribution in [2.24, 2.45) is 5.41 Å². The fourth-order valence-electron chi connectivity index (χ4n) is 5.20. The first-order valence-electron chi connectivity index (χ1n) is 12.5. The molecule has 2 aliphatic heterocycles. The Morgan fingerprint density at radius 1 is 1.23 bits per heavy atom. The minimum absolute atomic E-state index is 0.0656. The highest BCUT2D eigenvalue weighted by Gasteiger charge is 2.56. The molecule has 0 unspecified atom stereocenters. The highest BCUT2D eigenvalue weighted by molar-refractivity contribution is 6.14. The van der Waals surface area contributed by atoms with Gasteiger partial charge in [0.1, 0.15) is 29.4 Å². The Bertz CT molecular complexity index is 1090. The van der Waals surface area contributed by atoms with E-state index >= 15 is 0 Å². The molecule has 1 aliphatic carbocycles. The average Bonchev–Trinajstić information content (AvgIpc) is 3.52. The molecule has 2 amide bonds. The van der Waals surface area contributed by atoms with Crippen molar-refractivity contribution in [3.8, 4) is 5.75 Å². The van der Waals surface area contributed by atoms with E-state index in [-0.39, 0.29) is 17.9 Å². The molecule has 35 heavy (non-hydrogen) atoms. The molecule has 5 rings (SSSR count). The van der Waals surface area contributed by atoms with E-state index in [0.29, 0.717) is 49.3 Å². The summed E-state index contributed by atoms with van der Waals surface area (Å²) in [7, 11) is 2.05. The van der Waals surface area contributed by atoms with Gasteiger partial charge in [0.25, 0.3) is 0 Å². The molecule has 2 aromatic heterocycles. The lowest BCUT2D eigenvalue weighted by Crippen LogP contribution is -2.56. The number of amides is 2. The zero-order valence-corrected chi connectivity index (χ0v) is 20.4. The largest absolute Gasteiger partial charge is 0.491 e. The number of likely N-dealkylation sites (N-methyl/N-ethyl adjacent to an activating group) is 1. The molecule has 1 atom stereocenters. The van der Waals surface area contributed by atoms with Crippen LogP contribution >= 0.6 is 0 Å². The van der Waals surface area contributed by atoms with Crippen molar-refractivity contribution in [3.05, 3.63) is 30.1 Å². The number of pyridine rings is 1. The number of fused-ring (bicyclic) bond motifs is 1. The van der Waals surface area contributed by atoms with Crippen LogP contribution in [0.4, 0.5) is 17.6 Å². The maximum Gasteiger partial charge on any atom is 0.244 e. The third-order valence-corrected chi connectivity index (χ3v) is 7.41. The van der Waals surface area contributed by atoms with E-state index in [2.05, 4.69) is 39.5 Å². The molecule has 0 bridgehead atoms. The SMILES string of the molecule is CCN(C)CCOc1ccc(Nc2ncc3c(n2)N(C2CCCC2)C(=O)[C@]2(CCNC2=O)C3)nc1. The summed E-state index contributed by atoms with van der Waals surface area (Å²) >= 11 is 0. The summed E-state index contributed by atoms with van der Waals surface area (Å²) in [5.41, 5.74) is -0.190. The number of aromatic nitrogens is 3. The van der Waals surface area contributed by atoms with Crippen molar-refractivity contribution < 1.29 is 14.3 Å². The van der Waals surface area contributed by atoms with Crippen molar-refractivity contribution in [1.82, 2.24) is 25.2 Å². The predicted octanol–water partition coefficient (Wildman–Crippen LogP) is 2.28. The van der Waals surface area contributed by atoms with Gasteiger partial charge < -0.3 is 20.3 Å². The summed E-state index contributed by atoms with van der Waals surface area (Å²) in [6.07, 6.45) is 8.27. The molecule has 0 radical (unpaired) electrons. The molecule has 1 saturated heterocycles. The van der Waals surface area contributed by atoms with Gasteiger partial charge in [0.15, 0.2) is 0 Å². The van der Waals surface area contributed by atoms with E-state index < -0.39 is 5.41 Å². The molecule has 4 heterocycles. The van der Waals surface area contributed by atoms with Crippen LogP contribution in [0, 0.1) is 5.41 Å². The normalized spacial score (nSPS) is 22.1. The Hall–Kier alpha value is -3.27. The van der Waals surface area contributed by atoms with Crippen molar-refractivity contribution in [2.75, 3.05) is 43.5 Å². The summed E-state index contributed by atoms with van der Waals surface area (Å²) in [5, 5.41) is 6.01. The summed E-state index contributed by atoms with van der Waals surface area (Å²) in [6, 6.07) is 3.74. The first kappa shape index (κ1) is 23.5. The molecule has 2 fully saturated rings. The molecule has 0 aromatic carbocycles. The van der Waals surface area contributed by atoms with Gasteiger partial charge in [-0.1, -0.05) is 19.8 Å². The van der Waals surface area contributed by atoms with Gasteiger partial charge in [-0.25, -0.2) is 9.97 Å². The van der Waals surface area contributed by atoms with Crippen molar-refractivity contribution in [1.29, 1.82) is 0 Å². The lowest BCUT2D eigenvalue weighted by molar-refractivity contribution is -0.140. The van der Waals surface area contributed by atoms with Gasteiger partial charge in [0.2, 0.25) is 17.8 Å². The minimum Gasteiger partial charge on any atom is -0.491 e. The summed E-state index contributed by atoms with van der Waals surface area (Å²) in [4.78, 5) is 44.1. The molecule has 2 aromatic rings. The molecule has 1 spiro atoms. The average molecular weight is 480 g/mol. The van der Waals surface area contributed by atoms with Crippen molar-refractivity contribution in [2.45, 2.75) is 51.5 Å². The van der Waals surface area contributed by atoms with E-state index in [4.69, 9.17) is 9.72 Å². The van der Waals surface area contributed by atoms with Crippen LogP contribution in [0.1, 0.15) is 44.6 Å². The number of carbonyl (C=O) groups excluding carboxylic acids is 2. The summed E-state index contributed by atoms with van der Waals surface area (Å²) in [5.74, 6) is 1.98. The monoisotopic (exact) mass is 479 g/mol. The number of rotatable bonds is 8. The molecule has 3 aliphatic rings. The second kappa shape index (κ2) is 9.77. The van der Waals surface area contributed by atoms with E-state index in [9.17, 15) is 9.59 Å². The van der Waals surface area contributed by atoms with Crippen LogP contribution in [0.5, 0.6) is 5.75 Å². The summed E-state index contributed by atoms with van der Waals surface area (Å²) in [6.45, 7) is 5.05. The Balaban J connectivity index is 1.35. The van der Waals surface area contributed by atoms with Crippen LogP contribution in [-0.2, 0) is 16.0 Å². The minimum atomic E-state index is -1.03. The fraction of sp³-hybridized carbons (Fsp3) is 0.560. The van der Waals surface area contributed by atoms with Crippen LogP contribution < -0.4 is 20.3 Å². The highest BCUT2D eigenvalue weighted by Crippen LogP contribution is 2.44. The maximum atomic E-state index is 13.7. The molecular weight excluding hydrogens is 446 g/mol. The topological polar surface area (TPSA) is 113 Å². The zero-order chi connectivity index (χ0) is 24.4. The van der Waals surface area contributed by atoms with Gasteiger partial charge in [-0.15, -0.1) is 0 Å². The first-order chi connectivity index (χ1) is 17.0. The lowest BCUT2D eigenvalue weighted by Gasteiger charge is -2.40. The number of hydrogen-bond donors (Lipinski definition) is 2. The van der Waals surface area contributed by atoms with Gasteiger partial charge in [-0.3, -0.25) is 14.5 Å². The lowest BCUT2D eigenvalue weighted by atomic mass is 9.76. The van der Waals surface area contributed by atoms with Crippen LogP contribution in [0.3, 0.4) is 0 Å². The third kappa shape index (κ3) is 4.54. The molecule has 10 heteroatoms. The van der Waals surface area contributed by atoms with E-state index in [1.807, 2.05) is 12.1 Å². The van der Waals surface area contributed by atoms with E-state index in [0.717, 1.165) is 44.3 Å². The van der Waals surface area contributed by atoms with Crippen LogP contribution in [0.15, 0.2) is 24.5 Å². The van der Waals surface area contributed by atoms with Gasteiger partial charge in [0, 0.05) is 37.3 Å². The molecule has 2 N–H and O–H groups in total. The Kier molecular flexibility index (Phi) is 6.55. The molecule has 1 saturated carbocycles. The van der Waals surface area contributed by atoms with Gasteiger partial charge >= 0.3 is 0 Å². The number of carbonyl (C=O) groups is 2. The maximum absolute atomic E-state index is 13.7. The second-order valence-electron chi connectivity index (χ2n) is 9.67. The van der Waals surface area contributed by atoms with Crippen LogP contribution in [-0.4, -0.2) is 71.0 Å². The number of nitrogens with one attached hydrogen (secondary N) is 2. The smallest absolute Gasteiger partial charge is 0.244 e. The number of anilines is 3. The van der Waals surface area contributed by atoms with Gasteiger partial charge in [-0.05, 0) is 45.0 Å². The Morgan fingerprint density at radius 3 is 2.74 bits per heavy atom. The van der Waals surface area contributed by atoms with Crippen molar-refractivity contribution in [3.63, 3.8) is 0 Å². The van der Waals surface area contributed by atoms with Crippen molar-refractivity contribution >= 4 is 29.4 Å². The number of ether oxygens (including phenoxy) is 1. The predicted molar refractivity (Wildman–Crippen MR) is 132 cm³/mol. The molecular formula is C25H33N7O3. The fourth-order valence-corrected chi connectivity index (χ4v) is 5.20. The molecule has 10 nitrogen and oxygen atoms in total. The number of hydrogen-bond acceptors (Lipinski definition) is 8. The quantitative estimate of drug-likeness (QED) is 0.555. The van der Waals surface area contributed by atoms with Crippen LogP contribution in [0.2, 0.25) is 0 Å². The second-order valence-corrected chi connectivity index (χ2v) is 9.67.